The van der Waals surface area contributed by atoms with E-state index in [1.165, 1.54) is 11.3 Å². The number of nitrogen functional groups attached to an aromatic ring is 1. The highest BCUT2D eigenvalue weighted by atomic mass is 16.6. The number of carbonyl (C=O) groups is 1. The van der Waals surface area contributed by atoms with Gasteiger partial charge in [0.05, 0.1) is 11.4 Å². The van der Waals surface area contributed by atoms with Crippen molar-refractivity contribution in [2.24, 2.45) is 0 Å². The lowest BCUT2D eigenvalue weighted by Crippen LogP contribution is -2.54. The van der Waals surface area contributed by atoms with Crippen molar-refractivity contribution in [3.63, 3.8) is 0 Å². The molecule has 3 saturated heterocycles. The smallest absolute Gasteiger partial charge is 0.410 e. The van der Waals surface area contributed by atoms with Gasteiger partial charge in [0.2, 0.25) is 0 Å². The van der Waals surface area contributed by atoms with Crippen LogP contribution in [0.25, 0.3) is 11.3 Å². The maximum atomic E-state index is 12.5. The molecule has 3 fully saturated rings. The van der Waals surface area contributed by atoms with E-state index in [0.717, 1.165) is 86.6 Å². The summed E-state index contributed by atoms with van der Waals surface area (Å²) >= 11 is 0. The van der Waals surface area contributed by atoms with Crippen LogP contribution in [-0.2, 0) is 17.8 Å². The van der Waals surface area contributed by atoms with Crippen molar-refractivity contribution in [2.75, 3.05) is 61.3 Å². The lowest BCUT2D eigenvalue weighted by atomic mass is 10.0. The Bertz CT molecular complexity index is 1660. The van der Waals surface area contributed by atoms with Crippen molar-refractivity contribution < 1.29 is 9.53 Å². The van der Waals surface area contributed by atoms with E-state index in [-0.39, 0.29) is 6.09 Å². The molecule has 2 N–H and O–H groups in total. The first-order chi connectivity index (χ1) is 23.0. The summed E-state index contributed by atoms with van der Waals surface area (Å²) in [5.41, 5.74) is 13.9. The zero-order valence-corrected chi connectivity index (χ0v) is 27.2. The van der Waals surface area contributed by atoms with Gasteiger partial charge >= 0.3 is 6.09 Å². The molecule has 5 heterocycles. The number of piperazine rings is 2. The number of amides is 1. The lowest BCUT2D eigenvalue weighted by molar-refractivity contribution is 0.0714. The minimum atomic E-state index is -0.225. The van der Waals surface area contributed by atoms with Crippen LogP contribution in [0.2, 0.25) is 0 Å². The Kier molecular flexibility index (Phi) is 9.19. The van der Waals surface area contributed by atoms with Gasteiger partial charge in [-0.15, -0.1) is 10.2 Å². The highest BCUT2D eigenvalue weighted by molar-refractivity contribution is 5.73. The molecule has 10 heteroatoms. The van der Waals surface area contributed by atoms with Gasteiger partial charge in [0, 0.05) is 74.5 Å². The van der Waals surface area contributed by atoms with Gasteiger partial charge in [-0.25, -0.2) is 4.79 Å². The third-order valence-electron chi connectivity index (χ3n) is 9.89. The molecule has 0 aliphatic carbocycles. The molecule has 2 aromatic carbocycles. The fourth-order valence-corrected chi connectivity index (χ4v) is 7.37. The van der Waals surface area contributed by atoms with E-state index in [1.54, 1.807) is 0 Å². The number of hydrogen-bond donors (Lipinski definition) is 1. The second-order valence-electron chi connectivity index (χ2n) is 13.0. The standard InChI is InChI=1S/C37H44N8O2/c1-27-8-5-6-12-33(27)34-23-35(36(38)41-40-34)44-24-31-13-14-32(25-44)45(31)30-15-16-39-29(22-30)11-7-17-42-18-20-43(21-19-42)37(46)47-26-28-9-3-2-4-10-28/h2-6,8-10,12,15-16,22-23,31-32H,7,11,13-14,17-21,24-26H2,1H3,(H2,38,41). The van der Waals surface area contributed by atoms with E-state index in [2.05, 4.69) is 62.2 Å². The normalized spacial score (nSPS) is 19.6. The van der Waals surface area contributed by atoms with Gasteiger partial charge < -0.3 is 25.2 Å². The Hall–Kier alpha value is -4.70. The van der Waals surface area contributed by atoms with Gasteiger partial charge in [-0.1, -0.05) is 54.6 Å². The zero-order chi connectivity index (χ0) is 32.2. The Morgan fingerprint density at radius 3 is 2.43 bits per heavy atom. The lowest BCUT2D eigenvalue weighted by Gasteiger charge is -2.43. The Balaban J connectivity index is 0.908. The average Bonchev–Trinajstić information content (AvgIpc) is 3.37. The molecule has 0 saturated carbocycles. The molecular weight excluding hydrogens is 588 g/mol. The van der Waals surface area contributed by atoms with Gasteiger partial charge in [0.15, 0.2) is 5.82 Å². The van der Waals surface area contributed by atoms with E-state index in [0.29, 0.717) is 37.6 Å². The van der Waals surface area contributed by atoms with Gasteiger partial charge in [-0.2, -0.15) is 0 Å². The van der Waals surface area contributed by atoms with Crippen LogP contribution >= 0.6 is 0 Å². The largest absolute Gasteiger partial charge is 0.445 e. The first kappa shape index (κ1) is 30.9. The summed E-state index contributed by atoms with van der Waals surface area (Å²) in [6, 6.07) is 25.5. The fourth-order valence-electron chi connectivity index (χ4n) is 7.37. The number of hydrogen-bond acceptors (Lipinski definition) is 9. The summed E-state index contributed by atoms with van der Waals surface area (Å²) in [5.74, 6) is 0.491. The second-order valence-corrected chi connectivity index (χ2v) is 13.0. The molecule has 2 aromatic heterocycles. The Labute approximate surface area is 277 Å². The molecule has 47 heavy (non-hydrogen) atoms. The van der Waals surface area contributed by atoms with Gasteiger partial charge in [-0.05, 0) is 68.5 Å². The molecule has 0 spiro atoms. The van der Waals surface area contributed by atoms with Crippen LogP contribution < -0.4 is 15.5 Å². The first-order valence-electron chi connectivity index (χ1n) is 16.9. The van der Waals surface area contributed by atoms with E-state index in [4.69, 9.17) is 15.5 Å². The van der Waals surface area contributed by atoms with Crippen LogP contribution in [-0.4, -0.2) is 89.0 Å². The second kappa shape index (κ2) is 14.0. The summed E-state index contributed by atoms with van der Waals surface area (Å²) in [6.07, 6.45) is 6.03. The number of pyridine rings is 1. The number of aryl methyl sites for hydroxylation is 2. The predicted molar refractivity (Wildman–Crippen MR) is 185 cm³/mol. The number of aromatic nitrogens is 3. The molecule has 2 unspecified atom stereocenters. The van der Waals surface area contributed by atoms with E-state index >= 15 is 0 Å². The average molecular weight is 633 g/mol. The number of rotatable bonds is 9. The van der Waals surface area contributed by atoms with Crippen LogP contribution in [0.5, 0.6) is 0 Å². The maximum Gasteiger partial charge on any atom is 0.410 e. The van der Waals surface area contributed by atoms with Crippen LogP contribution in [0.1, 0.15) is 36.1 Å². The van der Waals surface area contributed by atoms with Gasteiger partial charge in [0.25, 0.3) is 0 Å². The zero-order valence-electron chi connectivity index (χ0n) is 27.2. The number of carbonyl (C=O) groups excluding carboxylic acids is 1. The van der Waals surface area contributed by atoms with Crippen molar-refractivity contribution in [3.05, 3.63) is 95.8 Å². The Morgan fingerprint density at radius 2 is 1.66 bits per heavy atom. The molecule has 4 aromatic rings. The van der Waals surface area contributed by atoms with Crippen LogP contribution in [0.3, 0.4) is 0 Å². The van der Waals surface area contributed by atoms with Crippen LogP contribution in [0.4, 0.5) is 22.0 Å². The highest BCUT2D eigenvalue weighted by Gasteiger charge is 2.40. The quantitative estimate of drug-likeness (QED) is 0.268. The molecule has 0 radical (unpaired) electrons. The summed E-state index contributed by atoms with van der Waals surface area (Å²) < 4.78 is 5.52. The van der Waals surface area contributed by atoms with Crippen LogP contribution in [0.15, 0.2) is 79.0 Å². The maximum absolute atomic E-state index is 12.5. The van der Waals surface area contributed by atoms with E-state index in [1.807, 2.05) is 53.6 Å². The number of fused-ring (bicyclic) bond motifs is 2. The topological polar surface area (TPSA) is 104 Å². The minimum Gasteiger partial charge on any atom is -0.445 e. The number of nitrogens with two attached hydrogens (primary N) is 1. The molecular formula is C37H44N8O2. The Morgan fingerprint density at radius 1 is 0.915 bits per heavy atom. The molecule has 3 aliphatic heterocycles. The van der Waals surface area contributed by atoms with E-state index in [9.17, 15) is 4.79 Å². The third kappa shape index (κ3) is 7.02. The molecule has 10 nitrogen and oxygen atoms in total. The summed E-state index contributed by atoms with van der Waals surface area (Å²) in [7, 11) is 0. The van der Waals surface area contributed by atoms with Crippen molar-refractivity contribution in [3.8, 4) is 11.3 Å². The number of ether oxygens (including phenoxy) is 1. The predicted octanol–water partition coefficient (Wildman–Crippen LogP) is 5.17. The number of nitrogens with zero attached hydrogens (tertiary/aromatic N) is 7. The molecule has 3 aliphatic rings. The van der Waals surface area contributed by atoms with E-state index < -0.39 is 0 Å². The van der Waals surface area contributed by atoms with Gasteiger partial charge in [0.1, 0.15) is 6.61 Å². The summed E-state index contributed by atoms with van der Waals surface area (Å²) in [5, 5.41) is 8.79. The van der Waals surface area contributed by atoms with Crippen molar-refractivity contribution in [1.29, 1.82) is 0 Å². The molecule has 2 atom stereocenters. The van der Waals surface area contributed by atoms with Gasteiger partial charge in [-0.3, -0.25) is 9.88 Å². The van der Waals surface area contributed by atoms with Crippen molar-refractivity contribution in [2.45, 2.75) is 51.3 Å². The minimum absolute atomic E-state index is 0.225. The van der Waals surface area contributed by atoms with Crippen molar-refractivity contribution in [1.82, 2.24) is 25.0 Å². The summed E-state index contributed by atoms with van der Waals surface area (Å²) in [6.45, 7) is 8.35. The third-order valence-corrected chi connectivity index (χ3v) is 9.89. The van der Waals surface area contributed by atoms with Crippen molar-refractivity contribution >= 4 is 23.3 Å². The first-order valence-corrected chi connectivity index (χ1v) is 16.9. The monoisotopic (exact) mass is 632 g/mol. The molecule has 7 rings (SSSR count). The molecule has 2 bridgehead atoms. The number of benzene rings is 2. The fraction of sp³-hybridized carbons (Fsp3) is 0.405. The SMILES string of the molecule is Cc1ccccc1-c1cc(N2CC3CCC(C2)N3c2ccnc(CCCN3CCN(C(=O)OCc4ccccc4)CC3)c2)c(N)nn1. The highest BCUT2D eigenvalue weighted by Crippen LogP contribution is 2.38. The van der Waals surface area contributed by atoms with Crippen LogP contribution in [0, 0.1) is 6.92 Å². The summed E-state index contributed by atoms with van der Waals surface area (Å²) in [4.78, 5) is 26.6. The molecule has 1 amide bonds. The number of anilines is 3. The molecule has 244 valence electrons.